The summed E-state index contributed by atoms with van der Waals surface area (Å²) in [7, 11) is 1.60. The highest BCUT2D eigenvalue weighted by molar-refractivity contribution is 4.98. The minimum atomic E-state index is 0.418. The summed E-state index contributed by atoms with van der Waals surface area (Å²) < 4.78 is 1.92. The van der Waals surface area contributed by atoms with Gasteiger partial charge in [0.1, 0.15) is 0 Å². The molecule has 0 saturated heterocycles. The largest absolute Gasteiger partial charge is 0.305 e. The van der Waals surface area contributed by atoms with E-state index in [2.05, 4.69) is 24.4 Å². The first-order valence-electron chi connectivity index (χ1n) is 4.04. The van der Waals surface area contributed by atoms with Gasteiger partial charge in [0.05, 0.1) is 19.3 Å². The summed E-state index contributed by atoms with van der Waals surface area (Å²) >= 11 is 0. The summed E-state index contributed by atoms with van der Waals surface area (Å²) in [6.07, 6.45) is 1.97. The third-order valence-corrected chi connectivity index (χ3v) is 1.59. The maximum Gasteiger partial charge on any atom is 0.0786 e. The predicted octanol–water partition coefficient (Wildman–Crippen LogP) is 1.11. The second-order valence-electron chi connectivity index (χ2n) is 2.91. The van der Waals surface area contributed by atoms with Crippen LogP contribution >= 0.6 is 0 Å². The Labute approximate surface area is 72.5 Å². The van der Waals surface area contributed by atoms with Gasteiger partial charge in [-0.2, -0.15) is 10.6 Å². The Morgan fingerprint density at radius 1 is 1.67 bits per heavy atom. The first-order chi connectivity index (χ1) is 5.74. The number of nitrogens with zero attached hydrogens (tertiary/aromatic N) is 2. The summed E-state index contributed by atoms with van der Waals surface area (Å²) in [5.41, 5.74) is 3.73. The second-order valence-corrected chi connectivity index (χ2v) is 2.91. The zero-order chi connectivity index (χ0) is 8.97. The van der Waals surface area contributed by atoms with E-state index in [0.717, 1.165) is 5.69 Å². The Balaban J connectivity index is 2.52. The van der Waals surface area contributed by atoms with Crippen molar-refractivity contribution < 1.29 is 4.84 Å². The van der Waals surface area contributed by atoms with Crippen molar-refractivity contribution in [2.75, 3.05) is 7.11 Å². The fourth-order valence-electron chi connectivity index (χ4n) is 0.905. The molecule has 0 saturated carbocycles. The maximum atomic E-state index is 4.72. The van der Waals surface area contributed by atoms with E-state index in [1.165, 1.54) is 0 Å². The van der Waals surface area contributed by atoms with Gasteiger partial charge in [0, 0.05) is 12.2 Å². The van der Waals surface area contributed by atoms with Gasteiger partial charge in [0.15, 0.2) is 0 Å². The highest BCUT2D eigenvalue weighted by atomic mass is 16.6. The molecule has 1 rings (SSSR count). The van der Waals surface area contributed by atoms with Crippen molar-refractivity contribution in [3.8, 4) is 0 Å². The average Bonchev–Trinajstić information content (AvgIpc) is 2.48. The smallest absolute Gasteiger partial charge is 0.0786 e. The molecule has 0 aromatic carbocycles. The monoisotopic (exact) mass is 169 g/mol. The van der Waals surface area contributed by atoms with E-state index in [1.807, 2.05) is 16.9 Å². The maximum absolute atomic E-state index is 4.72. The Morgan fingerprint density at radius 3 is 2.92 bits per heavy atom. The number of hydroxylamine groups is 1. The molecule has 4 heteroatoms. The number of rotatable bonds is 4. The van der Waals surface area contributed by atoms with E-state index in [9.17, 15) is 0 Å². The summed E-state index contributed by atoms with van der Waals surface area (Å²) in [4.78, 5) is 4.72. The van der Waals surface area contributed by atoms with Gasteiger partial charge in [-0.15, -0.1) is 0 Å². The molecule has 1 aromatic rings. The van der Waals surface area contributed by atoms with Gasteiger partial charge < -0.3 is 4.84 Å². The predicted molar refractivity (Wildman–Crippen MR) is 46.5 cm³/mol. The van der Waals surface area contributed by atoms with Crippen LogP contribution in [0.4, 0.5) is 0 Å². The molecule has 0 spiro atoms. The Kier molecular flexibility index (Phi) is 3.25. The van der Waals surface area contributed by atoms with E-state index in [4.69, 9.17) is 4.84 Å². The Hall–Kier alpha value is -0.870. The van der Waals surface area contributed by atoms with Gasteiger partial charge in [-0.05, 0) is 19.9 Å². The Bertz CT molecular complexity index is 232. The second kappa shape index (κ2) is 4.23. The summed E-state index contributed by atoms with van der Waals surface area (Å²) in [5, 5.41) is 4.32. The van der Waals surface area contributed by atoms with Crippen molar-refractivity contribution in [1.82, 2.24) is 15.3 Å². The van der Waals surface area contributed by atoms with Crippen LogP contribution < -0.4 is 5.48 Å². The molecule has 1 N–H and O–H groups in total. The molecule has 68 valence electrons. The molecule has 1 heterocycles. The van der Waals surface area contributed by atoms with E-state index >= 15 is 0 Å². The molecule has 0 amide bonds. The van der Waals surface area contributed by atoms with Crippen molar-refractivity contribution in [2.24, 2.45) is 0 Å². The van der Waals surface area contributed by atoms with Gasteiger partial charge in [-0.3, -0.25) is 4.68 Å². The lowest BCUT2D eigenvalue weighted by molar-refractivity contribution is 0.0856. The van der Waals surface area contributed by atoms with E-state index in [0.29, 0.717) is 12.6 Å². The minimum Gasteiger partial charge on any atom is -0.305 e. The SMILES string of the molecule is CONCc1ccn(C(C)C)n1. The fraction of sp³-hybridized carbons (Fsp3) is 0.625. The fourth-order valence-corrected chi connectivity index (χ4v) is 0.905. The molecule has 0 aliphatic rings. The third-order valence-electron chi connectivity index (χ3n) is 1.59. The molecule has 0 unspecified atom stereocenters. The molecule has 0 fully saturated rings. The lowest BCUT2D eigenvalue weighted by Crippen LogP contribution is -2.12. The van der Waals surface area contributed by atoms with Crippen molar-refractivity contribution in [2.45, 2.75) is 26.4 Å². The van der Waals surface area contributed by atoms with Crippen LogP contribution in [0.1, 0.15) is 25.6 Å². The van der Waals surface area contributed by atoms with Gasteiger partial charge >= 0.3 is 0 Å². The first kappa shape index (κ1) is 9.22. The zero-order valence-electron chi connectivity index (χ0n) is 7.74. The van der Waals surface area contributed by atoms with Crippen LogP contribution in [-0.2, 0) is 11.4 Å². The molecule has 0 radical (unpaired) electrons. The van der Waals surface area contributed by atoms with E-state index < -0.39 is 0 Å². The van der Waals surface area contributed by atoms with Crippen molar-refractivity contribution in [3.05, 3.63) is 18.0 Å². The van der Waals surface area contributed by atoms with Gasteiger partial charge in [-0.1, -0.05) is 0 Å². The lowest BCUT2D eigenvalue weighted by Gasteiger charge is -2.03. The van der Waals surface area contributed by atoms with Crippen molar-refractivity contribution in [3.63, 3.8) is 0 Å². The van der Waals surface area contributed by atoms with Gasteiger partial charge in [0.2, 0.25) is 0 Å². The molecule has 12 heavy (non-hydrogen) atoms. The van der Waals surface area contributed by atoms with Crippen LogP contribution in [0.2, 0.25) is 0 Å². The van der Waals surface area contributed by atoms with Gasteiger partial charge in [0.25, 0.3) is 0 Å². The van der Waals surface area contributed by atoms with Crippen LogP contribution in [0, 0.1) is 0 Å². The number of aromatic nitrogens is 2. The highest BCUT2D eigenvalue weighted by Crippen LogP contribution is 2.03. The molecule has 0 atom stereocenters. The molecular weight excluding hydrogens is 154 g/mol. The van der Waals surface area contributed by atoms with E-state index in [-0.39, 0.29) is 0 Å². The van der Waals surface area contributed by atoms with Crippen LogP contribution in [0.25, 0.3) is 0 Å². The summed E-state index contributed by atoms with van der Waals surface area (Å²) in [5.74, 6) is 0. The van der Waals surface area contributed by atoms with Crippen LogP contribution in [0.15, 0.2) is 12.3 Å². The van der Waals surface area contributed by atoms with Crippen molar-refractivity contribution in [1.29, 1.82) is 0 Å². The van der Waals surface area contributed by atoms with Crippen LogP contribution in [-0.4, -0.2) is 16.9 Å². The number of hydrogen-bond acceptors (Lipinski definition) is 3. The molecule has 1 aromatic heterocycles. The highest BCUT2D eigenvalue weighted by Gasteiger charge is 2.00. The van der Waals surface area contributed by atoms with Gasteiger partial charge in [-0.25, -0.2) is 0 Å². The minimum absolute atomic E-state index is 0.418. The topological polar surface area (TPSA) is 39.1 Å². The molecule has 0 bridgehead atoms. The molecule has 4 nitrogen and oxygen atoms in total. The first-order valence-corrected chi connectivity index (χ1v) is 4.04. The molecule has 0 aliphatic carbocycles. The average molecular weight is 169 g/mol. The van der Waals surface area contributed by atoms with Crippen LogP contribution in [0.5, 0.6) is 0 Å². The summed E-state index contributed by atoms with van der Waals surface area (Å²) in [6.45, 7) is 4.84. The number of hydrogen-bond donors (Lipinski definition) is 1. The Morgan fingerprint density at radius 2 is 2.42 bits per heavy atom. The molecular formula is C8H15N3O. The standard InChI is InChI=1S/C8H15N3O/c1-7(2)11-5-4-8(10-11)6-9-12-3/h4-5,7,9H,6H2,1-3H3. The molecule has 0 aliphatic heterocycles. The zero-order valence-corrected chi connectivity index (χ0v) is 7.74. The van der Waals surface area contributed by atoms with Crippen molar-refractivity contribution >= 4 is 0 Å². The van der Waals surface area contributed by atoms with Crippen LogP contribution in [0.3, 0.4) is 0 Å². The third kappa shape index (κ3) is 2.32. The van der Waals surface area contributed by atoms with E-state index in [1.54, 1.807) is 7.11 Å². The normalized spacial score (nSPS) is 11.0. The summed E-state index contributed by atoms with van der Waals surface area (Å²) in [6, 6.07) is 2.40. The number of nitrogens with one attached hydrogen (secondary N) is 1. The lowest BCUT2D eigenvalue weighted by atomic mass is 10.4. The quantitative estimate of drug-likeness (QED) is 0.686.